The molecule has 8 heteroatoms. The number of fused-ring (bicyclic) bond motifs is 1. The second-order valence-corrected chi connectivity index (χ2v) is 8.15. The summed E-state index contributed by atoms with van der Waals surface area (Å²) in [5.74, 6) is 0.650. The average Bonchev–Trinajstić information content (AvgIpc) is 3.24. The fourth-order valence-electron chi connectivity index (χ4n) is 4.29. The first kappa shape index (κ1) is 24.2. The van der Waals surface area contributed by atoms with Gasteiger partial charge in [0.2, 0.25) is 5.91 Å². The first-order valence-corrected chi connectivity index (χ1v) is 10.3. The number of likely N-dealkylation sites (tertiary alicyclic amines) is 1. The molecular formula is C21H29Cl3N4O. The number of carbonyl (C=O) groups is 1. The van der Waals surface area contributed by atoms with Gasteiger partial charge in [-0.2, -0.15) is 0 Å². The molecule has 2 aromatic rings. The zero-order valence-electron chi connectivity index (χ0n) is 16.4. The minimum absolute atomic E-state index is 0. The lowest BCUT2D eigenvalue weighted by molar-refractivity contribution is -0.123. The average molecular weight is 460 g/mol. The molecule has 0 aliphatic carbocycles. The van der Waals surface area contributed by atoms with E-state index in [-0.39, 0.29) is 36.8 Å². The van der Waals surface area contributed by atoms with Crippen LogP contribution in [0.25, 0.3) is 10.9 Å². The van der Waals surface area contributed by atoms with Gasteiger partial charge in [-0.25, -0.2) is 0 Å². The van der Waals surface area contributed by atoms with Crippen molar-refractivity contribution in [3.63, 3.8) is 0 Å². The van der Waals surface area contributed by atoms with E-state index in [2.05, 4.69) is 26.6 Å². The number of nitrogens with one attached hydrogen (secondary N) is 2. The Kier molecular flexibility index (Phi) is 9.44. The summed E-state index contributed by atoms with van der Waals surface area (Å²) in [6.07, 6.45) is 6.19. The molecule has 160 valence electrons. The van der Waals surface area contributed by atoms with Crippen LogP contribution in [0.1, 0.15) is 31.2 Å². The largest absolute Gasteiger partial charge is 0.354 e. The molecule has 1 amide bonds. The number of benzene rings is 1. The van der Waals surface area contributed by atoms with Crippen molar-refractivity contribution < 1.29 is 4.79 Å². The van der Waals surface area contributed by atoms with Gasteiger partial charge in [0, 0.05) is 41.8 Å². The predicted molar refractivity (Wildman–Crippen MR) is 123 cm³/mol. The third-order valence-corrected chi connectivity index (χ3v) is 6.10. The van der Waals surface area contributed by atoms with E-state index in [0.717, 1.165) is 79.9 Å². The Bertz CT molecular complexity index is 814. The first-order chi connectivity index (χ1) is 13.2. The molecule has 29 heavy (non-hydrogen) atoms. The highest BCUT2D eigenvalue weighted by Crippen LogP contribution is 2.27. The van der Waals surface area contributed by atoms with Crippen LogP contribution in [-0.2, 0) is 11.3 Å². The van der Waals surface area contributed by atoms with Gasteiger partial charge >= 0.3 is 0 Å². The molecule has 0 bridgehead atoms. The number of nitrogens with zero attached hydrogens (tertiary/aromatic N) is 2. The van der Waals surface area contributed by atoms with Crippen molar-refractivity contribution in [2.45, 2.75) is 38.3 Å². The summed E-state index contributed by atoms with van der Waals surface area (Å²) in [6, 6.07) is 8.04. The van der Waals surface area contributed by atoms with E-state index in [9.17, 15) is 4.79 Å². The Hall–Kier alpha value is -1.11. The number of amides is 1. The van der Waals surface area contributed by atoms with Gasteiger partial charge in [-0.05, 0) is 56.8 Å². The molecule has 5 nitrogen and oxygen atoms in total. The van der Waals surface area contributed by atoms with Crippen LogP contribution >= 0.6 is 36.4 Å². The molecule has 3 heterocycles. The van der Waals surface area contributed by atoms with E-state index in [0.29, 0.717) is 5.92 Å². The molecule has 1 aromatic heterocycles. The maximum Gasteiger partial charge on any atom is 0.237 e. The van der Waals surface area contributed by atoms with Crippen molar-refractivity contribution in [2.24, 2.45) is 5.92 Å². The van der Waals surface area contributed by atoms with E-state index < -0.39 is 0 Å². The third-order valence-electron chi connectivity index (χ3n) is 5.75. The van der Waals surface area contributed by atoms with Crippen molar-refractivity contribution >= 4 is 53.2 Å². The zero-order valence-corrected chi connectivity index (χ0v) is 18.8. The summed E-state index contributed by atoms with van der Waals surface area (Å²) in [5, 5.41) is 8.33. The van der Waals surface area contributed by atoms with Crippen LogP contribution in [0.5, 0.6) is 0 Å². The monoisotopic (exact) mass is 458 g/mol. The minimum Gasteiger partial charge on any atom is -0.354 e. The fraction of sp³-hybridized carbons (Fsp3) is 0.524. The summed E-state index contributed by atoms with van der Waals surface area (Å²) in [5.41, 5.74) is 2.10. The van der Waals surface area contributed by atoms with Gasteiger partial charge in [0.1, 0.15) is 0 Å². The number of hydrogen-bond acceptors (Lipinski definition) is 4. The SMILES string of the molecule is Cl.Cl.O=C(NCC1CCCN(Cc2c(Cl)ccc3cccnc23)C1)C1CCCN1. The van der Waals surface area contributed by atoms with Gasteiger partial charge < -0.3 is 10.6 Å². The van der Waals surface area contributed by atoms with Gasteiger partial charge in [-0.15, -0.1) is 24.8 Å². The molecular weight excluding hydrogens is 431 g/mol. The second-order valence-electron chi connectivity index (χ2n) is 7.74. The maximum absolute atomic E-state index is 12.2. The molecule has 2 N–H and O–H groups in total. The summed E-state index contributed by atoms with van der Waals surface area (Å²) in [7, 11) is 0. The van der Waals surface area contributed by atoms with Gasteiger partial charge in [0.05, 0.1) is 11.6 Å². The number of aromatic nitrogens is 1. The highest BCUT2D eigenvalue weighted by Gasteiger charge is 2.25. The Labute approximate surface area is 189 Å². The Morgan fingerprint density at radius 3 is 2.90 bits per heavy atom. The van der Waals surface area contributed by atoms with E-state index in [4.69, 9.17) is 11.6 Å². The number of piperidine rings is 1. The minimum atomic E-state index is 0. The molecule has 0 radical (unpaired) electrons. The number of carbonyl (C=O) groups excluding carboxylic acids is 1. The van der Waals surface area contributed by atoms with Crippen molar-refractivity contribution in [1.29, 1.82) is 0 Å². The first-order valence-electron chi connectivity index (χ1n) is 9.96. The summed E-state index contributed by atoms with van der Waals surface area (Å²) in [4.78, 5) is 19.2. The highest BCUT2D eigenvalue weighted by molar-refractivity contribution is 6.32. The van der Waals surface area contributed by atoms with Crippen LogP contribution in [0.3, 0.4) is 0 Å². The molecule has 0 saturated carbocycles. The van der Waals surface area contributed by atoms with Gasteiger partial charge in [0.25, 0.3) is 0 Å². The summed E-state index contributed by atoms with van der Waals surface area (Å²) in [6.45, 7) is 4.57. The summed E-state index contributed by atoms with van der Waals surface area (Å²) >= 11 is 6.50. The van der Waals surface area contributed by atoms with Crippen LogP contribution in [0.4, 0.5) is 0 Å². The number of pyridine rings is 1. The normalized spacial score (nSPS) is 22.0. The smallest absolute Gasteiger partial charge is 0.237 e. The van der Waals surface area contributed by atoms with Crippen molar-refractivity contribution in [3.05, 3.63) is 41.0 Å². The van der Waals surface area contributed by atoms with Crippen LogP contribution in [0, 0.1) is 5.92 Å². The van der Waals surface area contributed by atoms with Gasteiger partial charge in [-0.3, -0.25) is 14.7 Å². The van der Waals surface area contributed by atoms with Crippen LogP contribution < -0.4 is 10.6 Å². The topological polar surface area (TPSA) is 57.3 Å². The standard InChI is InChI=1S/C21H27ClN4O.2ClH/c22-18-8-7-16-5-1-10-24-20(16)17(18)14-26-11-3-4-15(13-26)12-25-21(27)19-6-2-9-23-19;;/h1,5,7-8,10,15,19,23H,2-4,6,9,11-14H2,(H,25,27);2*1H. The van der Waals surface area contributed by atoms with Crippen molar-refractivity contribution in [3.8, 4) is 0 Å². The van der Waals surface area contributed by atoms with Crippen molar-refractivity contribution in [2.75, 3.05) is 26.2 Å². The molecule has 2 unspecified atom stereocenters. The fourth-order valence-corrected chi connectivity index (χ4v) is 4.51. The predicted octanol–water partition coefficient (Wildman–Crippen LogP) is 3.81. The van der Waals surface area contributed by atoms with Crippen LogP contribution in [0.15, 0.2) is 30.5 Å². The Balaban J connectivity index is 0.00000150. The second kappa shape index (κ2) is 11.3. The van der Waals surface area contributed by atoms with Crippen molar-refractivity contribution in [1.82, 2.24) is 20.5 Å². The maximum atomic E-state index is 12.2. The zero-order chi connectivity index (χ0) is 18.6. The quantitative estimate of drug-likeness (QED) is 0.714. The molecule has 2 fully saturated rings. The lowest BCUT2D eigenvalue weighted by Crippen LogP contribution is -2.45. The lowest BCUT2D eigenvalue weighted by Gasteiger charge is -2.33. The van der Waals surface area contributed by atoms with E-state index >= 15 is 0 Å². The number of halogens is 3. The molecule has 2 saturated heterocycles. The summed E-state index contributed by atoms with van der Waals surface area (Å²) < 4.78 is 0. The lowest BCUT2D eigenvalue weighted by atomic mass is 9.97. The van der Waals surface area contributed by atoms with E-state index in [1.54, 1.807) is 0 Å². The molecule has 2 aliphatic heterocycles. The molecule has 1 aromatic carbocycles. The molecule has 0 spiro atoms. The molecule has 4 rings (SSSR count). The van der Waals surface area contributed by atoms with Crippen LogP contribution in [0.2, 0.25) is 5.02 Å². The molecule has 2 atom stereocenters. The third kappa shape index (κ3) is 5.96. The van der Waals surface area contributed by atoms with Crippen LogP contribution in [-0.4, -0.2) is 48.0 Å². The molecule has 2 aliphatic rings. The van der Waals surface area contributed by atoms with Gasteiger partial charge in [-0.1, -0.05) is 23.7 Å². The Morgan fingerprint density at radius 2 is 2.10 bits per heavy atom. The van der Waals surface area contributed by atoms with E-state index in [1.807, 2.05) is 24.4 Å². The number of rotatable bonds is 5. The highest BCUT2D eigenvalue weighted by atomic mass is 35.5. The van der Waals surface area contributed by atoms with E-state index in [1.165, 1.54) is 0 Å². The van der Waals surface area contributed by atoms with Gasteiger partial charge in [0.15, 0.2) is 0 Å². The number of hydrogen-bond donors (Lipinski definition) is 2. The Morgan fingerprint density at radius 1 is 1.24 bits per heavy atom.